The van der Waals surface area contributed by atoms with Crippen molar-refractivity contribution in [2.24, 2.45) is 0 Å². The summed E-state index contributed by atoms with van der Waals surface area (Å²) < 4.78 is 14.1. The molecule has 3 aromatic rings. The molecule has 37 heavy (non-hydrogen) atoms. The van der Waals surface area contributed by atoms with Crippen LogP contribution in [0.25, 0.3) is 22.2 Å². The molecule has 0 saturated carbocycles. The lowest BCUT2D eigenvalue weighted by Gasteiger charge is -2.35. The summed E-state index contributed by atoms with van der Waals surface area (Å²) in [5.41, 5.74) is 4.09. The lowest BCUT2D eigenvalue weighted by molar-refractivity contribution is 0.0948. The molecule has 2 saturated heterocycles. The highest BCUT2D eigenvalue weighted by atomic mass is 28.3. The first-order valence-corrected chi connectivity index (χ1v) is 17.2. The van der Waals surface area contributed by atoms with E-state index in [0.717, 1.165) is 37.4 Å². The number of hydrogen-bond acceptors (Lipinski definition) is 4. The third-order valence-corrected chi connectivity index (χ3v) is 11.2. The number of benzene rings is 2. The Labute approximate surface area is 221 Å². The van der Waals surface area contributed by atoms with E-state index in [2.05, 4.69) is 52.5 Å². The molecule has 0 bridgehead atoms. The SMILES string of the molecule is C[Si]1(C)CCN(Cc2ccc(-c3cc(C(=O)NCCN4CCCCC4)c4cc(F)ccc4n3)cc2)CC1. The monoisotopic (exact) mass is 518 g/mol. The van der Waals surface area contributed by atoms with E-state index >= 15 is 0 Å². The Kier molecular flexibility index (Phi) is 8.03. The number of aromatic nitrogens is 1. The Morgan fingerprint density at radius 3 is 2.41 bits per heavy atom. The van der Waals surface area contributed by atoms with Gasteiger partial charge in [-0.15, -0.1) is 0 Å². The van der Waals surface area contributed by atoms with Crippen LogP contribution in [-0.4, -0.2) is 68.0 Å². The maximum atomic E-state index is 14.1. The Morgan fingerprint density at radius 1 is 0.946 bits per heavy atom. The van der Waals surface area contributed by atoms with Crippen LogP contribution >= 0.6 is 0 Å². The number of hydrogen-bond donors (Lipinski definition) is 1. The van der Waals surface area contributed by atoms with Gasteiger partial charge in [0.05, 0.1) is 16.8 Å². The molecule has 1 N–H and O–H groups in total. The molecule has 0 aliphatic carbocycles. The second-order valence-corrected chi connectivity index (χ2v) is 16.8. The first-order valence-electron chi connectivity index (χ1n) is 13.8. The molecule has 2 fully saturated rings. The summed E-state index contributed by atoms with van der Waals surface area (Å²) in [6.07, 6.45) is 3.74. The first kappa shape index (κ1) is 26.0. The van der Waals surface area contributed by atoms with E-state index in [1.807, 2.05) is 6.07 Å². The fraction of sp³-hybridized carbons (Fsp3) is 0.467. The number of nitrogens with one attached hydrogen (secondary N) is 1. The van der Waals surface area contributed by atoms with Gasteiger partial charge < -0.3 is 10.2 Å². The Morgan fingerprint density at radius 2 is 1.68 bits per heavy atom. The summed E-state index contributed by atoms with van der Waals surface area (Å²) in [5, 5.41) is 3.61. The van der Waals surface area contributed by atoms with E-state index < -0.39 is 8.07 Å². The first-order chi connectivity index (χ1) is 17.9. The van der Waals surface area contributed by atoms with Crippen molar-refractivity contribution in [2.75, 3.05) is 39.3 Å². The zero-order chi connectivity index (χ0) is 25.8. The number of halogens is 1. The highest BCUT2D eigenvalue weighted by Crippen LogP contribution is 2.27. The van der Waals surface area contributed by atoms with Crippen molar-refractivity contribution < 1.29 is 9.18 Å². The number of fused-ring (bicyclic) bond motifs is 1. The zero-order valence-corrected chi connectivity index (χ0v) is 23.2. The van der Waals surface area contributed by atoms with Crippen LogP contribution in [0.2, 0.25) is 25.2 Å². The number of pyridine rings is 1. The molecular formula is C30H39FN4OSi. The quantitative estimate of drug-likeness (QED) is 0.403. The maximum absolute atomic E-state index is 14.1. The van der Waals surface area contributed by atoms with Crippen molar-refractivity contribution in [1.82, 2.24) is 20.1 Å². The lowest BCUT2D eigenvalue weighted by Crippen LogP contribution is -2.42. The molecule has 5 rings (SSSR count). The predicted molar refractivity (Wildman–Crippen MR) is 152 cm³/mol. The van der Waals surface area contributed by atoms with E-state index in [1.165, 1.54) is 62.1 Å². The summed E-state index contributed by atoms with van der Waals surface area (Å²) in [4.78, 5) is 23.0. The van der Waals surface area contributed by atoms with Gasteiger partial charge in [-0.25, -0.2) is 9.37 Å². The van der Waals surface area contributed by atoms with Crippen LogP contribution in [0.5, 0.6) is 0 Å². The molecule has 0 unspecified atom stereocenters. The standard InChI is InChI=1S/C30H39FN4OSi/c1-37(2)18-16-35(17-19-37)22-23-6-8-24(9-7-23)29-21-27(26-20-25(31)10-11-28(26)33-29)30(36)32-12-15-34-13-4-3-5-14-34/h6-11,20-21H,3-5,12-19,22H2,1-2H3,(H,32,36). The number of rotatable bonds is 7. The van der Waals surface area contributed by atoms with Crippen LogP contribution in [-0.2, 0) is 6.54 Å². The molecule has 7 heteroatoms. The van der Waals surface area contributed by atoms with Crippen molar-refractivity contribution in [2.45, 2.75) is 51.0 Å². The van der Waals surface area contributed by atoms with Crippen molar-refractivity contribution >= 4 is 24.9 Å². The molecule has 2 aromatic carbocycles. The number of likely N-dealkylation sites (tertiary alicyclic amines) is 1. The minimum absolute atomic E-state index is 0.176. The van der Waals surface area contributed by atoms with E-state index in [1.54, 1.807) is 6.07 Å². The van der Waals surface area contributed by atoms with E-state index in [0.29, 0.717) is 23.0 Å². The van der Waals surface area contributed by atoms with Gasteiger partial charge in [0.2, 0.25) is 0 Å². The number of amides is 1. The average Bonchev–Trinajstić information content (AvgIpc) is 2.90. The number of piperidine rings is 1. The summed E-state index contributed by atoms with van der Waals surface area (Å²) in [7, 11) is -0.970. The Balaban J connectivity index is 1.32. The van der Waals surface area contributed by atoms with E-state index in [-0.39, 0.29) is 11.7 Å². The van der Waals surface area contributed by atoms with Gasteiger partial charge in [0.25, 0.3) is 5.91 Å². The van der Waals surface area contributed by atoms with Crippen LogP contribution in [0.3, 0.4) is 0 Å². The van der Waals surface area contributed by atoms with Gasteiger partial charge in [-0.3, -0.25) is 9.69 Å². The summed E-state index contributed by atoms with van der Waals surface area (Å²) in [6.45, 7) is 12.0. The fourth-order valence-electron chi connectivity index (χ4n) is 5.50. The molecule has 0 atom stereocenters. The average molecular weight is 519 g/mol. The fourth-order valence-corrected chi connectivity index (χ4v) is 7.59. The summed E-state index contributed by atoms with van der Waals surface area (Å²) in [6, 6.07) is 17.6. The van der Waals surface area contributed by atoms with Gasteiger partial charge in [-0.1, -0.05) is 43.8 Å². The van der Waals surface area contributed by atoms with E-state index in [9.17, 15) is 9.18 Å². The number of nitrogens with zero attached hydrogens (tertiary/aromatic N) is 3. The van der Waals surface area contributed by atoms with Crippen LogP contribution < -0.4 is 5.32 Å². The number of carbonyl (C=O) groups is 1. The third kappa shape index (κ3) is 6.64. The highest BCUT2D eigenvalue weighted by Gasteiger charge is 2.27. The van der Waals surface area contributed by atoms with Gasteiger partial charge in [0.1, 0.15) is 5.82 Å². The molecule has 2 aliphatic heterocycles. The topological polar surface area (TPSA) is 48.5 Å². The van der Waals surface area contributed by atoms with Crippen LogP contribution in [0, 0.1) is 5.82 Å². The molecule has 1 aromatic heterocycles. The second kappa shape index (κ2) is 11.4. The molecule has 0 spiro atoms. The van der Waals surface area contributed by atoms with Crippen LogP contribution in [0.15, 0.2) is 48.5 Å². The lowest BCUT2D eigenvalue weighted by atomic mass is 10.0. The Bertz CT molecular complexity index is 1230. The largest absolute Gasteiger partial charge is 0.351 e. The molecule has 2 aliphatic rings. The minimum Gasteiger partial charge on any atom is -0.351 e. The number of carbonyl (C=O) groups excluding carboxylic acids is 1. The Hall–Kier alpha value is -2.61. The summed E-state index contributed by atoms with van der Waals surface area (Å²) >= 11 is 0. The molecular weight excluding hydrogens is 479 g/mol. The van der Waals surface area contributed by atoms with Gasteiger partial charge in [-0.05, 0) is 80.9 Å². The summed E-state index contributed by atoms with van der Waals surface area (Å²) in [5.74, 6) is -0.540. The van der Waals surface area contributed by atoms with Crippen LogP contribution in [0.4, 0.5) is 4.39 Å². The molecule has 196 valence electrons. The molecule has 1 amide bonds. The normalized spacial score (nSPS) is 18.7. The van der Waals surface area contributed by atoms with Crippen molar-refractivity contribution in [1.29, 1.82) is 0 Å². The second-order valence-electron chi connectivity index (χ2n) is 11.5. The van der Waals surface area contributed by atoms with Gasteiger partial charge in [0.15, 0.2) is 0 Å². The maximum Gasteiger partial charge on any atom is 0.252 e. The van der Waals surface area contributed by atoms with Crippen LogP contribution in [0.1, 0.15) is 35.2 Å². The molecule has 3 heterocycles. The van der Waals surface area contributed by atoms with E-state index in [4.69, 9.17) is 4.98 Å². The van der Waals surface area contributed by atoms with Crippen molar-refractivity contribution in [3.8, 4) is 11.3 Å². The predicted octanol–water partition coefficient (Wildman–Crippen LogP) is 5.78. The van der Waals surface area contributed by atoms with Gasteiger partial charge in [-0.2, -0.15) is 0 Å². The van der Waals surface area contributed by atoms with Gasteiger partial charge >= 0.3 is 0 Å². The van der Waals surface area contributed by atoms with Crippen molar-refractivity contribution in [3.63, 3.8) is 0 Å². The van der Waals surface area contributed by atoms with Gasteiger partial charge in [0, 0.05) is 38.7 Å². The molecule has 0 radical (unpaired) electrons. The third-order valence-electron chi connectivity index (χ3n) is 8.04. The molecule has 5 nitrogen and oxygen atoms in total. The smallest absolute Gasteiger partial charge is 0.252 e. The zero-order valence-electron chi connectivity index (χ0n) is 22.2. The highest BCUT2D eigenvalue weighted by molar-refractivity contribution is 6.77. The van der Waals surface area contributed by atoms with Crippen molar-refractivity contribution in [3.05, 3.63) is 65.5 Å². The minimum atomic E-state index is -0.970.